The zero-order chi connectivity index (χ0) is 18.7. The van der Waals surface area contributed by atoms with Crippen molar-refractivity contribution in [2.24, 2.45) is 0 Å². The van der Waals surface area contributed by atoms with Gasteiger partial charge in [-0.2, -0.15) is 0 Å². The normalized spacial score (nSPS) is 17.3. The van der Waals surface area contributed by atoms with Crippen LogP contribution in [-0.2, 0) is 4.79 Å². The van der Waals surface area contributed by atoms with E-state index in [0.29, 0.717) is 34.5 Å². The van der Waals surface area contributed by atoms with Gasteiger partial charge in [0, 0.05) is 18.3 Å². The number of hydrogen-bond acceptors (Lipinski definition) is 5. The standard InChI is InChI=1S/C18H24N2O4S/c1-7-24-17-13(22-5)8-12(9-14(17)23-6)16-15(11(3)21)10(2)20(4)18(25)19-16/h8-9,16H,7H2,1-6H3,(H,19,25). The minimum absolute atomic E-state index is 0.0174. The van der Waals surface area contributed by atoms with Gasteiger partial charge in [-0.1, -0.05) is 0 Å². The van der Waals surface area contributed by atoms with Gasteiger partial charge in [0.2, 0.25) is 5.75 Å². The van der Waals surface area contributed by atoms with Crippen LogP contribution in [0.2, 0.25) is 0 Å². The predicted molar refractivity (Wildman–Crippen MR) is 100 cm³/mol. The average molecular weight is 364 g/mol. The summed E-state index contributed by atoms with van der Waals surface area (Å²) in [7, 11) is 4.98. The molecule has 0 saturated heterocycles. The molecule has 1 heterocycles. The van der Waals surface area contributed by atoms with Gasteiger partial charge in [-0.25, -0.2) is 0 Å². The minimum Gasteiger partial charge on any atom is -0.493 e. The van der Waals surface area contributed by atoms with Crippen molar-refractivity contribution in [2.75, 3.05) is 27.9 Å². The lowest BCUT2D eigenvalue weighted by molar-refractivity contribution is -0.114. The van der Waals surface area contributed by atoms with Gasteiger partial charge in [0.05, 0.1) is 26.9 Å². The molecule has 1 N–H and O–H groups in total. The van der Waals surface area contributed by atoms with Crippen LogP contribution in [0.4, 0.5) is 0 Å². The molecule has 1 aliphatic heterocycles. The molecule has 1 unspecified atom stereocenters. The van der Waals surface area contributed by atoms with Crippen molar-refractivity contribution in [1.82, 2.24) is 10.2 Å². The van der Waals surface area contributed by atoms with E-state index >= 15 is 0 Å². The summed E-state index contributed by atoms with van der Waals surface area (Å²) in [6, 6.07) is 3.31. The number of nitrogens with one attached hydrogen (secondary N) is 1. The lowest BCUT2D eigenvalue weighted by atomic mass is 9.92. The quantitative estimate of drug-likeness (QED) is 0.779. The Bertz CT molecular complexity index is 705. The van der Waals surface area contributed by atoms with E-state index in [2.05, 4.69) is 5.32 Å². The monoisotopic (exact) mass is 364 g/mol. The number of methoxy groups -OCH3 is 2. The van der Waals surface area contributed by atoms with Crippen LogP contribution >= 0.6 is 12.2 Å². The summed E-state index contributed by atoms with van der Waals surface area (Å²) in [6.45, 7) is 5.82. The Balaban J connectivity index is 2.63. The molecular formula is C18H24N2O4S. The Labute approximate surface area is 153 Å². The summed E-state index contributed by atoms with van der Waals surface area (Å²) in [4.78, 5) is 14.1. The van der Waals surface area contributed by atoms with Crippen molar-refractivity contribution in [3.8, 4) is 17.2 Å². The van der Waals surface area contributed by atoms with Gasteiger partial charge in [-0.15, -0.1) is 0 Å². The molecule has 0 spiro atoms. The van der Waals surface area contributed by atoms with Crippen molar-refractivity contribution < 1.29 is 19.0 Å². The summed E-state index contributed by atoms with van der Waals surface area (Å²) < 4.78 is 16.6. The highest BCUT2D eigenvalue weighted by molar-refractivity contribution is 7.80. The highest BCUT2D eigenvalue weighted by Gasteiger charge is 2.32. The van der Waals surface area contributed by atoms with Crippen LogP contribution in [0, 0.1) is 0 Å². The van der Waals surface area contributed by atoms with Crippen molar-refractivity contribution in [3.05, 3.63) is 29.0 Å². The first kappa shape index (κ1) is 19.1. The number of nitrogens with zero attached hydrogens (tertiary/aromatic N) is 1. The number of ketones is 1. The number of hydrogen-bond donors (Lipinski definition) is 1. The van der Waals surface area contributed by atoms with Crippen LogP contribution in [-0.4, -0.2) is 43.7 Å². The SMILES string of the molecule is CCOc1c(OC)cc(C2NC(=S)N(C)C(C)=C2C(C)=O)cc1OC. The van der Waals surface area contributed by atoms with Gasteiger partial charge in [0.1, 0.15) is 0 Å². The van der Waals surface area contributed by atoms with E-state index < -0.39 is 0 Å². The number of ether oxygens (including phenoxy) is 3. The van der Waals surface area contributed by atoms with Crippen LogP contribution in [0.25, 0.3) is 0 Å². The zero-order valence-electron chi connectivity index (χ0n) is 15.4. The van der Waals surface area contributed by atoms with Crippen molar-refractivity contribution >= 4 is 23.1 Å². The first-order valence-corrected chi connectivity index (χ1v) is 8.41. The molecule has 136 valence electrons. The maximum absolute atomic E-state index is 12.3. The number of rotatable bonds is 6. The van der Waals surface area contributed by atoms with Gasteiger partial charge in [-0.05, 0) is 50.7 Å². The van der Waals surface area contributed by atoms with E-state index in [1.54, 1.807) is 26.0 Å². The molecule has 1 aliphatic rings. The number of allylic oxidation sites excluding steroid dienone is 1. The number of carbonyl (C=O) groups excluding carboxylic acids is 1. The molecule has 1 aromatic rings. The molecule has 6 nitrogen and oxygen atoms in total. The molecule has 0 fully saturated rings. The first-order valence-electron chi connectivity index (χ1n) is 8.00. The third kappa shape index (κ3) is 3.56. The predicted octanol–water partition coefficient (Wildman–Crippen LogP) is 2.83. The summed E-state index contributed by atoms with van der Waals surface area (Å²) in [5.41, 5.74) is 2.30. The molecule has 1 aromatic carbocycles. The first-order chi connectivity index (χ1) is 11.8. The van der Waals surface area contributed by atoms with Gasteiger partial charge < -0.3 is 24.4 Å². The average Bonchev–Trinajstić information content (AvgIpc) is 2.59. The van der Waals surface area contributed by atoms with Crippen LogP contribution in [0.5, 0.6) is 17.2 Å². The Morgan fingerprint density at radius 3 is 2.28 bits per heavy atom. The second-order valence-electron chi connectivity index (χ2n) is 5.68. The molecule has 2 rings (SSSR count). The van der Waals surface area contributed by atoms with Crippen LogP contribution < -0.4 is 19.5 Å². The zero-order valence-corrected chi connectivity index (χ0v) is 16.2. The van der Waals surface area contributed by atoms with E-state index in [1.165, 1.54) is 0 Å². The van der Waals surface area contributed by atoms with Crippen molar-refractivity contribution in [3.63, 3.8) is 0 Å². The molecule has 7 heteroatoms. The van der Waals surface area contributed by atoms with Gasteiger partial charge in [0.15, 0.2) is 22.4 Å². The van der Waals surface area contributed by atoms with Crippen LogP contribution in [0.15, 0.2) is 23.4 Å². The Kier molecular flexibility index (Phi) is 5.89. The summed E-state index contributed by atoms with van der Waals surface area (Å²) in [5.74, 6) is 1.61. The Hall–Kier alpha value is -2.28. The number of Topliss-reactive ketones (excluding diaryl/α,β-unsaturated/α-hetero) is 1. The molecule has 25 heavy (non-hydrogen) atoms. The van der Waals surface area contributed by atoms with E-state index in [-0.39, 0.29) is 11.8 Å². The van der Waals surface area contributed by atoms with Crippen molar-refractivity contribution in [1.29, 1.82) is 0 Å². The van der Waals surface area contributed by atoms with Crippen LogP contribution in [0.1, 0.15) is 32.4 Å². The van der Waals surface area contributed by atoms with Gasteiger partial charge >= 0.3 is 0 Å². The van der Waals surface area contributed by atoms with E-state index in [4.69, 9.17) is 26.4 Å². The second kappa shape index (κ2) is 7.74. The molecule has 1 atom stereocenters. The molecule has 0 bridgehead atoms. The molecule has 0 radical (unpaired) electrons. The fraction of sp³-hybridized carbons (Fsp3) is 0.444. The van der Waals surface area contributed by atoms with Crippen LogP contribution in [0.3, 0.4) is 0 Å². The third-order valence-corrected chi connectivity index (χ3v) is 4.63. The van der Waals surface area contributed by atoms with E-state index in [0.717, 1.165) is 11.3 Å². The van der Waals surface area contributed by atoms with Crippen molar-refractivity contribution in [2.45, 2.75) is 26.8 Å². The molecule has 0 aliphatic carbocycles. The fourth-order valence-corrected chi connectivity index (χ4v) is 3.15. The molecule has 0 aromatic heterocycles. The highest BCUT2D eigenvalue weighted by atomic mass is 32.1. The van der Waals surface area contributed by atoms with Gasteiger partial charge in [0.25, 0.3) is 0 Å². The number of thiocarbonyl (C=S) groups is 1. The third-order valence-electron chi connectivity index (χ3n) is 4.24. The van der Waals surface area contributed by atoms with E-state index in [1.807, 2.05) is 33.0 Å². The maximum Gasteiger partial charge on any atom is 0.203 e. The lowest BCUT2D eigenvalue weighted by Crippen LogP contribution is -2.45. The summed E-state index contributed by atoms with van der Waals surface area (Å²) in [5, 5.41) is 3.78. The Morgan fingerprint density at radius 1 is 1.28 bits per heavy atom. The molecular weight excluding hydrogens is 340 g/mol. The molecule has 0 saturated carbocycles. The largest absolute Gasteiger partial charge is 0.493 e. The minimum atomic E-state index is -0.375. The number of carbonyl (C=O) groups is 1. The summed E-state index contributed by atoms with van der Waals surface area (Å²) in [6.07, 6.45) is 0. The van der Waals surface area contributed by atoms with Gasteiger partial charge in [-0.3, -0.25) is 4.79 Å². The van der Waals surface area contributed by atoms with E-state index in [9.17, 15) is 4.79 Å². The second-order valence-corrected chi connectivity index (χ2v) is 6.07. The topological polar surface area (TPSA) is 60.0 Å². The molecule has 0 amide bonds. The number of benzene rings is 1. The fourth-order valence-electron chi connectivity index (χ4n) is 2.90. The maximum atomic E-state index is 12.3. The highest BCUT2D eigenvalue weighted by Crippen LogP contribution is 2.42. The smallest absolute Gasteiger partial charge is 0.203 e. The summed E-state index contributed by atoms with van der Waals surface area (Å²) >= 11 is 5.39. The Morgan fingerprint density at radius 2 is 1.84 bits per heavy atom. The lowest BCUT2D eigenvalue weighted by Gasteiger charge is -2.35.